The van der Waals surface area contributed by atoms with Gasteiger partial charge < -0.3 is 58.3 Å². The molecule has 0 aromatic rings. The summed E-state index contributed by atoms with van der Waals surface area (Å²) in [5, 5.41) is 5.38. The summed E-state index contributed by atoms with van der Waals surface area (Å²) in [4.78, 5) is 0. The quantitative estimate of drug-likeness (QED) is 0.260. The number of piperidine rings is 1. The molecule has 6 aliphatic rings. The van der Waals surface area contributed by atoms with Crippen molar-refractivity contribution >= 4 is 0 Å². The van der Waals surface area contributed by atoms with Crippen molar-refractivity contribution in [2.24, 2.45) is 50.2 Å². The van der Waals surface area contributed by atoms with Crippen molar-refractivity contribution in [3.05, 3.63) is 0 Å². The van der Waals surface area contributed by atoms with Crippen LogP contribution in [0.3, 0.4) is 0 Å². The van der Waals surface area contributed by atoms with Crippen molar-refractivity contribution in [1.82, 2.24) is 0 Å². The third-order valence-electron chi connectivity index (χ3n) is 17.3. The topological polar surface area (TPSA) is 70.1 Å². The van der Waals surface area contributed by atoms with E-state index in [1.807, 2.05) is 0 Å². The predicted molar refractivity (Wildman–Crippen MR) is 170 cm³/mol. The highest BCUT2D eigenvalue weighted by molar-refractivity contribution is 5.30. The predicted octanol–water partition coefficient (Wildman–Crippen LogP) is -3.47. The van der Waals surface area contributed by atoms with Crippen LogP contribution in [0.1, 0.15) is 147 Å². The van der Waals surface area contributed by atoms with Crippen LogP contribution in [0.4, 0.5) is 0 Å². The molecule has 7 N–H and O–H groups in total. The summed E-state index contributed by atoms with van der Waals surface area (Å²) < 4.78 is 7.56. The van der Waals surface area contributed by atoms with Gasteiger partial charge in [-0.1, -0.05) is 62.8 Å². The van der Waals surface area contributed by atoms with Gasteiger partial charge in [0.1, 0.15) is 0 Å². The lowest BCUT2D eigenvalue weighted by Gasteiger charge is -2.73. The SMILES string of the molecule is C.C[C@H]1CC[C@]2([NH2+]C1)O[C@]1(C)C[C@@]3(C)C4CC[C@]5(C)CC([NH2+]CCCC[NH3+])CC[C@]5(C)[C@@]4(C)CC[C@]3(C)[C@]1(C)[C@@H]2C.[Cl-].[Cl-].[Cl-]. The van der Waals surface area contributed by atoms with Crippen LogP contribution in [0, 0.1) is 50.2 Å². The number of nitrogens with two attached hydrogens (primary N) is 2. The molecule has 0 radical (unpaired) electrons. The summed E-state index contributed by atoms with van der Waals surface area (Å²) in [6, 6.07) is 0.830. The van der Waals surface area contributed by atoms with Crippen LogP contribution in [0.2, 0.25) is 0 Å². The molecule has 12 atom stereocenters. The van der Waals surface area contributed by atoms with Gasteiger partial charge in [0.25, 0.3) is 0 Å². The Hall–Kier alpha value is 0.710. The van der Waals surface area contributed by atoms with E-state index in [2.05, 4.69) is 78.7 Å². The maximum absolute atomic E-state index is 7.56. The molecule has 2 heterocycles. The number of quaternary nitrogens is 3. The minimum absolute atomic E-state index is 0. The van der Waals surface area contributed by atoms with Gasteiger partial charge in [-0.05, 0) is 91.3 Å². The van der Waals surface area contributed by atoms with E-state index in [-0.39, 0.29) is 61.4 Å². The first-order valence-corrected chi connectivity index (χ1v) is 17.8. The first kappa shape index (κ1) is 40.9. The minimum atomic E-state index is -0.0273. The molecule has 0 amide bonds. The summed E-state index contributed by atoms with van der Waals surface area (Å²) in [6.45, 7) is 27.8. The number of halogens is 3. The van der Waals surface area contributed by atoms with E-state index in [1.165, 1.54) is 90.1 Å². The Kier molecular flexibility index (Phi) is 12.0. The molecule has 2 aliphatic heterocycles. The van der Waals surface area contributed by atoms with Gasteiger partial charge in [-0.2, -0.15) is 0 Å². The number of fused-ring (bicyclic) bond motifs is 7. The third-order valence-corrected chi connectivity index (χ3v) is 17.3. The van der Waals surface area contributed by atoms with Crippen LogP contribution in [0.25, 0.3) is 0 Å². The van der Waals surface area contributed by atoms with Crippen molar-refractivity contribution in [3.8, 4) is 0 Å². The molecule has 0 bridgehead atoms. The third kappa shape index (κ3) is 4.86. The molecule has 2 unspecified atom stereocenters. The van der Waals surface area contributed by atoms with Crippen LogP contribution >= 0.6 is 0 Å². The molecule has 0 aromatic heterocycles. The summed E-state index contributed by atoms with van der Waals surface area (Å²) in [6.07, 6.45) is 16.4. The number of unbranched alkanes of at least 4 members (excludes halogenated alkanes) is 1. The fourth-order valence-corrected chi connectivity index (χ4v) is 14.0. The highest BCUT2D eigenvalue weighted by Gasteiger charge is 2.84. The van der Waals surface area contributed by atoms with E-state index in [1.54, 1.807) is 0 Å². The molecule has 6 fully saturated rings. The Morgan fingerprint density at radius 2 is 1.48 bits per heavy atom. The normalized spacial score (nSPS) is 53.9. The van der Waals surface area contributed by atoms with Gasteiger partial charge in [-0.25, -0.2) is 0 Å². The van der Waals surface area contributed by atoms with Crippen molar-refractivity contribution < 1.29 is 58.3 Å². The summed E-state index contributed by atoms with van der Waals surface area (Å²) in [5.41, 5.74) is 6.23. The van der Waals surface area contributed by atoms with Crippen LogP contribution in [-0.2, 0) is 4.74 Å². The van der Waals surface area contributed by atoms with Crippen molar-refractivity contribution in [2.45, 2.75) is 164 Å². The summed E-state index contributed by atoms with van der Waals surface area (Å²) in [5.74, 6) is 2.21. The number of hydrogen-bond donors (Lipinski definition) is 3. The zero-order valence-corrected chi connectivity index (χ0v) is 31.6. The van der Waals surface area contributed by atoms with E-state index in [4.69, 9.17) is 4.74 Å². The summed E-state index contributed by atoms with van der Waals surface area (Å²) >= 11 is 0. The molecule has 2 saturated heterocycles. The van der Waals surface area contributed by atoms with E-state index >= 15 is 0 Å². The first-order valence-electron chi connectivity index (χ1n) is 17.8. The van der Waals surface area contributed by atoms with Gasteiger partial charge >= 0.3 is 0 Å². The maximum Gasteiger partial charge on any atom is 0.203 e. The molecule has 0 aromatic carbocycles. The van der Waals surface area contributed by atoms with Gasteiger partial charge in [-0.15, -0.1) is 0 Å². The Morgan fingerprint density at radius 1 is 0.795 bits per heavy atom. The highest BCUT2D eigenvalue weighted by Crippen LogP contribution is 2.85. The molecule has 6 rings (SSSR count). The van der Waals surface area contributed by atoms with Crippen LogP contribution in [-0.4, -0.2) is 37.0 Å². The maximum atomic E-state index is 7.56. The molecule has 7 heteroatoms. The Morgan fingerprint density at radius 3 is 2.09 bits per heavy atom. The van der Waals surface area contributed by atoms with Gasteiger partial charge in [0.05, 0.1) is 31.3 Å². The zero-order valence-electron chi connectivity index (χ0n) is 29.3. The van der Waals surface area contributed by atoms with E-state index in [9.17, 15) is 0 Å². The molecule has 44 heavy (non-hydrogen) atoms. The molecule has 262 valence electrons. The Labute approximate surface area is 291 Å². The minimum Gasteiger partial charge on any atom is -1.00 e. The van der Waals surface area contributed by atoms with E-state index in [0.717, 1.165) is 24.4 Å². The van der Waals surface area contributed by atoms with E-state index in [0.29, 0.717) is 33.0 Å². The Balaban J connectivity index is 0.00000169. The lowest BCUT2D eigenvalue weighted by atomic mass is 9.31. The fourth-order valence-electron chi connectivity index (χ4n) is 14.0. The number of hydrogen-bond acceptors (Lipinski definition) is 1. The second-order valence-corrected chi connectivity index (χ2v) is 18.2. The standard InChI is InChI=1S/C36H65N3O.CH4.3ClH/c1-25-12-17-36(39-23-25)26(2)35(9)33(7)19-18-30(4)28(31(33,5)24-34(35,8)40-36)14-15-29(3)22-27(13-16-32(29,30)6)38-21-11-10-20-37;;;;/h25-28,38-39H,10-24,37H2,1-9H3;1H4;3*1H/t25-,26-,27?,28?,29+,30-,31-,32-,33-,34+,35-,36-;;;;/m0..../s1. The average Bonchev–Trinajstić information content (AvgIpc) is 3.15. The molecular weight excluding hydrogens is 609 g/mol. The largest absolute Gasteiger partial charge is 1.00 e. The van der Waals surface area contributed by atoms with E-state index < -0.39 is 0 Å². The van der Waals surface area contributed by atoms with Gasteiger partial charge in [0.2, 0.25) is 5.72 Å². The van der Waals surface area contributed by atoms with Gasteiger partial charge in [-0.3, -0.25) is 0 Å². The smallest absolute Gasteiger partial charge is 0.203 e. The molecular formula is C37H72Cl3N3O. The molecule has 4 aliphatic carbocycles. The number of rotatable bonds is 5. The van der Waals surface area contributed by atoms with Crippen LogP contribution in [0.15, 0.2) is 0 Å². The van der Waals surface area contributed by atoms with Crippen LogP contribution < -0.4 is 53.6 Å². The molecule has 4 saturated carbocycles. The van der Waals surface area contributed by atoms with Crippen molar-refractivity contribution in [1.29, 1.82) is 0 Å². The summed E-state index contributed by atoms with van der Waals surface area (Å²) in [7, 11) is 0. The fraction of sp³-hybridized carbons (Fsp3) is 1.00. The Bertz CT molecular complexity index is 1010. The average molecular weight is 681 g/mol. The molecule has 1 spiro atoms. The van der Waals surface area contributed by atoms with Gasteiger partial charge in [0, 0.05) is 42.9 Å². The van der Waals surface area contributed by atoms with Crippen molar-refractivity contribution in [3.63, 3.8) is 0 Å². The number of ether oxygens (including phenoxy) is 1. The second-order valence-electron chi connectivity index (χ2n) is 18.2. The van der Waals surface area contributed by atoms with Crippen LogP contribution in [0.5, 0.6) is 0 Å². The zero-order chi connectivity index (χ0) is 29.0. The van der Waals surface area contributed by atoms with Gasteiger partial charge in [0.15, 0.2) is 0 Å². The second kappa shape index (κ2) is 12.9. The monoisotopic (exact) mass is 679 g/mol. The van der Waals surface area contributed by atoms with Crippen molar-refractivity contribution in [2.75, 3.05) is 19.6 Å². The highest BCUT2D eigenvalue weighted by atomic mass is 35.5. The molecule has 4 nitrogen and oxygen atoms in total. The lowest BCUT2D eigenvalue weighted by molar-refractivity contribution is -0.788. The lowest BCUT2D eigenvalue weighted by Crippen LogP contribution is -3.01. The first-order chi connectivity index (χ1) is 18.6.